The molecule has 1 saturated heterocycles. The van der Waals surface area contributed by atoms with Crippen molar-refractivity contribution in [3.63, 3.8) is 0 Å². The van der Waals surface area contributed by atoms with Gasteiger partial charge in [-0.05, 0) is 43.6 Å². The van der Waals surface area contributed by atoms with Crippen LogP contribution in [0.2, 0.25) is 0 Å². The van der Waals surface area contributed by atoms with Crippen molar-refractivity contribution in [1.29, 1.82) is 0 Å². The van der Waals surface area contributed by atoms with E-state index in [0.29, 0.717) is 0 Å². The second-order valence-corrected chi connectivity index (χ2v) is 5.65. The SMILES string of the molecule is COc1ccc(CN(C(C)=O)C2CCNCC2)c(C(F)(F)F)c1. The van der Waals surface area contributed by atoms with E-state index in [0.717, 1.165) is 32.0 Å². The quantitative estimate of drug-likeness (QED) is 0.923. The molecule has 1 fully saturated rings. The van der Waals surface area contributed by atoms with Crippen LogP contribution < -0.4 is 10.1 Å². The summed E-state index contributed by atoms with van der Waals surface area (Å²) in [6, 6.07) is 3.83. The maximum atomic E-state index is 13.3. The predicted octanol–water partition coefficient (Wildman–Crippen LogP) is 2.81. The molecule has 0 radical (unpaired) electrons. The highest BCUT2D eigenvalue weighted by molar-refractivity contribution is 5.73. The predicted molar refractivity (Wildman–Crippen MR) is 80.1 cm³/mol. The monoisotopic (exact) mass is 330 g/mol. The average molecular weight is 330 g/mol. The fourth-order valence-electron chi connectivity index (χ4n) is 2.88. The molecular weight excluding hydrogens is 309 g/mol. The van der Waals surface area contributed by atoms with E-state index in [4.69, 9.17) is 4.74 Å². The molecule has 1 N–H and O–H groups in total. The molecule has 4 nitrogen and oxygen atoms in total. The van der Waals surface area contributed by atoms with Gasteiger partial charge in [-0.2, -0.15) is 13.2 Å². The van der Waals surface area contributed by atoms with E-state index in [1.54, 1.807) is 0 Å². The summed E-state index contributed by atoms with van der Waals surface area (Å²) in [7, 11) is 1.33. The van der Waals surface area contributed by atoms with Crippen LogP contribution in [-0.4, -0.2) is 37.0 Å². The molecule has 1 heterocycles. The Balaban J connectivity index is 2.30. The molecule has 1 amide bonds. The van der Waals surface area contributed by atoms with E-state index >= 15 is 0 Å². The first kappa shape index (κ1) is 17.6. The van der Waals surface area contributed by atoms with Crippen molar-refractivity contribution in [2.24, 2.45) is 0 Å². The van der Waals surface area contributed by atoms with Crippen LogP contribution in [0.3, 0.4) is 0 Å². The number of rotatable bonds is 4. The second kappa shape index (κ2) is 7.21. The molecule has 7 heteroatoms. The molecule has 1 aromatic carbocycles. The number of piperidine rings is 1. The van der Waals surface area contributed by atoms with Gasteiger partial charge in [0.2, 0.25) is 5.91 Å². The second-order valence-electron chi connectivity index (χ2n) is 5.65. The number of methoxy groups -OCH3 is 1. The van der Waals surface area contributed by atoms with Crippen molar-refractivity contribution in [2.45, 2.75) is 38.5 Å². The van der Waals surface area contributed by atoms with Crippen molar-refractivity contribution >= 4 is 5.91 Å². The normalized spacial score (nSPS) is 16.2. The molecule has 128 valence electrons. The number of hydrogen-bond donors (Lipinski definition) is 1. The summed E-state index contributed by atoms with van der Waals surface area (Å²) < 4.78 is 44.8. The molecular formula is C16H21F3N2O2. The first-order valence-corrected chi connectivity index (χ1v) is 7.55. The van der Waals surface area contributed by atoms with Crippen LogP contribution in [0.4, 0.5) is 13.2 Å². The molecule has 23 heavy (non-hydrogen) atoms. The number of ether oxygens (including phenoxy) is 1. The Hall–Kier alpha value is -1.76. The summed E-state index contributed by atoms with van der Waals surface area (Å²) in [6.45, 7) is 2.89. The molecule has 0 bridgehead atoms. The Labute approximate surface area is 133 Å². The molecule has 1 aromatic rings. The van der Waals surface area contributed by atoms with Gasteiger partial charge in [0.1, 0.15) is 5.75 Å². The van der Waals surface area contributed by atoms with Gasteiger partial charge < -0.3 is 15.0 Å². The Kier molecular flexibility index (Phi) is 5.51. The number of halogens is 3. The Morgan fingerprint density at radius 2 is 2.00 bits per heavy atom. The zero-order valence-corrected chi connectivity index (χ0v) is 13.2. The van der Waals surface area contributed by atoms with Gasteiger partial charge in [0, 0.05) is 19.5 Å². The van der Waals surface area contributed by atoms with Crippen LogP contribution >= 0.6 is 0 Å². The van der Waals surface area contributed by atoms with Gasteiger partial charge in [-0.1, -0.05) is 6.07 Å². The average Bonchev–Trinajstić information content (AvgIpc) is 2.52. The van der Waals surface area contributed by atoms with Crippen LogP contribution in [-0.2, 0) is 17.5 Å². The fourth-order valence-corrected chi connectivity index (χ4v) is 2.88. The van der Waals surface area contributed by atoms with Crippen molar-refractivity contribution in [3.8, 4) is 5.75 Å². The van der Waals surface area contributed by atoms with Crippen LogP contribution in [0.5, 0.6) is 5.75 Å². The number of benzene rings is 1. The number of nitrogens with zero attached hydrogens (tertiary/aromatic N) is 1. The summed E-state index contributed by atoms with van der Waals surface area (Å²) in [6.07, 6.45) is -2.99. The number of carbonyl (C=O) groups is 1. The largest absolute Gasteiger partial charge is 0.497 e. The van der Waals surface area contributed by atoms with Gasteiger partial charge in [-0.25, -0.2) is 0 Å². The molecule has 0 unspecified atom stereocenters. The number of amides is 1. The maximum Gasteiger partial charge on any atom is 0.416 e. The third-order valence-corrected chi connectivity index (χ3v) is 4.12. The minimum atomic E-state index is -4.49. The van der Waals surface area contributed by atoms with Gasteiger partial charge in [0.25, 0.3) is 0 Å². The third kappa shape index (κ3) is 4.37. The van der Waals surface area contributed by atoms with Crippen LogP contribution in [0, 0.1) is 0 Å². The summed E-state index contributed by atoms with van der Waals surface area (Å²) in [5.74, 6) is -0.0573. The minimum absolute atomic E-state index is 0.0306. The van der Waals surface area contributed by atoms with E-state index in [1.165, 1.54) is 31.1 Å². The summed E-state index contributed by atoms with van der Waals surface area (Å²) in [5, 5.41) is 3.19. The molecule has 0 spiro atoms. The lowest BCUT2D eigenvalue weighted by molar-refractivity contribution is -0.140. The zero-order valence-electron chi connectivity index (χ0n) is 13.2. The van der Waals surface area contributed by atoms with Crippen molar-refractivity contribution in [3.05, 3.63) is 29.3 Å². The number of hydrogen-bond acceptors (Lipinski definition) is 3. The highest BCUT2D eigenvalue weighted by Gasteiger charge is 2.35. The van der Waals surface area contributed by atoms with E-state index < -0.39 is 11.7 Å². The van der Waals surface area contributed by atoms with Gasteiger partial charge in [-0.15, -0.1) is 0 Å². The molecule has 0 saturated carbocycles. The summed E-state index contributed by atoms with van der Waals surface area (Å²) >= 11 is 0. The first-order chi connectivity index (χ1) is 10.8. The number of carbonyl (C=O) groups excluding carboxylic acids is 1. The van der Waals surface area contributed by atoms with E-state index in [1.807, 2.05) is 0 Å². The molecule has 0 atom stereocenters. The molecule has 0 aromatic heterocycles. The lowest BCUT2D eigenvalue weighted by Gasteiger charge is -2.34. The zero-order chi connectivity index (χ0) is 17.0. The molecule has 0 aliphatic carbocycles. The Morgan fingerprint density at radius 1 is 1.35 bits per heavy atom. The van der Waals surface area contributed by atoms with Crippen molar-refractivity contribution < 1.29 is 22.7 Å². The van der Waals surface area contributed by atoms with Gasteiger partial charge in [0.15, 0.2) is 0 Å². The van der Waals surface area contributed by atoms with Crippen LogP contribution in [0.1, 0.15) is 30.9 Å². The lowest BCUT2D eigenvalue weighted by atomic mass is 10.0. The van der Waals surface area contributed by atoms with E-state index in [9.17, 15) is 18.0 Å². The highest BCUT2D eigenvalue weighted by atomic mass is 19.4. The van der Waals surface area contributed by atoms with Gasteiger partial charge in [0.05, 0.1) is 12.7 Å². The number of alkyl halides is 3. The maximum absolute atomic E-state index is 13.3. The first-order valence-electron chi connectivity index (χ1n) is 7.55. The van der Waals surface area contributed by atoms with Crippen molar-refractivity contribution in [2.75, 3.05) is 20.2 Å². The van der Waals surface area contributed by atoms with Crippen molar-refractivity contribution in [1.82, 2.24) is 10.2 Å². The molecule has 1 aliphatic heterocycles. The summed E-state index contributed by atoms with van der Waals surface area (Å²) in [4.78, 5) is 13.5. The Morgan fingerprint density at radius 3 is 2.52 bits per heavy atom. The smallest absolute Gasteiger partial charge is 0.416 e. The fraction of sp³-hybridized carbons (Fsp3) is 0.562. The number of nitrogens with one attached hydrogen (secondary N) is 1. The lowest BCUT2D eigenvalue weighted by Crippen LogP contribution is -2.45. The van der Waals surface area contributed by atoms with E-state index in [2.05, 4.69) is 5.32 Å². The van der Waals surface area contributed by atoms with Crippen LogP contribution in [0.25, 0.3) is 0 Å². The van der Waals surface area contributed by atoms with Gasteiger partial charge in [-0.3, -0.25) is 4.79 Å². The van der Waals surface area contributed by atoms with Gasteiger partial charge >= 0.3 is 6.18 Å². The van der Waals surface area contributed by atoms with E-state index in [-0.39, 0.29) is 29.8 Å². The summed E-state index contributed by atoms with van der Waals surface area (Å²) in [5.41, 5.74) is -0.663. The van der Waals surface area contributed by atoms with Crippen LogP contribution in [0.15, 0.2) is 18.2 Å². The third-order valence-electron chi connectivity index (χ3n) is 4.12. The molecule has 1 aliphatic rings. The topological polar surface area (TPSA) is 41.6 Å². The minimum Gasteiger partial charge on any atom is -0.497 e. The molecule has 2 rings (SSSR count). The Bertz CT molecular complexity index is 555. The standard InChI is InChI=1S/C16H21F3N2O2/c1-11(22)21(13-5-7-20-8-6-13)10-12-3-4-14(23-2)9-15(12)16(17,18)19/h3-4,9,13,20H,5-8,10H2,1-2H3. The highest BCUT2D eigenvalue weighted by Crippen LogP contribution is 2.35.